The molecule has 4 rings (SSSR count). The van der Waals surface area contributed by atoms with Gasteiger partial charge < -0.3 is 5.32 Å². The first-order valence-corrected chi connectivity index (χ1v) is 8.54. The number of rotatable bonds is 3. The molecule has 0 fully saturated rings. The molecule has 0 aliphatic heterocycles. The molecule has 2 aromatic heterocycles. The predicted molar refractivity (Wildman–Crippen MR) is 93.4 cm³/mol. The first-order chi connectivity index (χ1) is 12.6. The maximum Gasteiger partial charge on any atom is 0.271 e. The van der Waals surface area contributed by atoms with Crippen molar-refractivity contribution in [1.82, 2.24) is 25.1 Å². The van der Waals surface area contributed by atoms with Crippen molar-refractivity contribution in [3.05, 3.63) is 71.3 Å². The molecule has 0 unspecified atom stereocenters. The van der Waals surface area contributed by atoms with E-state index in [1.165, 1.54) is 18.3 Å². The van der Waals surface area contributed by atoms with Crippen LogP contribution in [0.1, 0.15) is 46.3 Å². The zero-order valence-corrected chi connectivity index (χ0v) is 14.3. The fraction of sp³-hybridized carbons (Fsp3) is 0.263. The van der Waals surface area contributed by atoms with Crippen LogP contribution >= 0.6 is 0 Å². The van der Waals surface area contributed by atoms with Gasteiger partial charge in [-0.15, -0.1) is 0 Å². The smallest absolute Gasteiger partial charge is 0.271 e. The minimum atomic E-state index is -0.279. The minimum Gasteiger partial charge on any atom is -0.344 e. The van der Waals surface area contributed by atoms with Crippen LogP contribution in [0.2, 0.25) is 0 Å². The molecule has 3 aromatic rings. The molecule has 1 aliphatic rings. The number of aromatic nitrogens is 4. The van der Waals surface area contributed by atoms with Crippen LogP contribution in [-0.2, 0) is 6.42 Å². The summed E-state index contributed by atoms with van der Waals surface area (Å²) in [6, 6.07) is 6.12. The summed E-state index contributed by atoms with van der Waals surface area (Å²) >= 11 is 0. The van der Waals surface area contributed by atoms with Crippen molar-refractivity contribution in [3.63, 3.8) is 0 Å². The Morgan fingerprint density at radius 1 is 1.19 bits per heavy atom. The molecule has 0 radical (unpaired) electrons. The SMILES string of the molecule is Cc1cnc(C(=O)N[C@H]2CCCc3c2cnn3-c2ccc(F)cc2)cn1. The van der Waals surface area contributed by atoms with Gasteiger partial charge in [0.15, 0.2) is 0 Å². The van der Waals surface area contributed by atoms with Gasteiger partial charge in [0.1, 0.15) is 11.5 Å². The van der Waals surface area contributed by atoms with Gasteiger partial charge in [-0.05, 0) is 50.5 Å². The monoisotopic (exact) mass is 351 g/mol. The number of nitrogens with one attached hydrogen (secondary N) is 1. The third-order valence-corrected chi connectivity index (χ3v) is 4.57. The van der Waals surface area contributed by atoms with Crippen LogP contribution in [0, 0.1) is 12.7 Å². The van der Waals surface area contributed by atoms with Crippen LogP contribution in [0.3, 0.4) is 0 Å². The predicted octanol–water partition coefficient (Wildman–Crippen LogP) is 2.92. The van der Waals surface area contributed by atoms with Gasteiger partial charge in [0, 0.05) is 17.5 Å². The quantitative estimate of drug-likeness (QED) is 0.787. The molecule has 1 aliphatic carbocycles. The zero-order valence-electron chi connectivity index (χ0n) is 14.3. The lowest BCUT2D eigenvalue weighted by molar-refractivity contribution is 0.0927. The van der Waals surface area contributed by atoms with E-state index in [-0.39, 0.29) is 17.8 Å². The van der Waals surface area contributed by atoms with E-state index in [1.54, 1.807) is 24.5 Å². The zero-order chi connectivity index (χ0) is 18.1. The number of hydrogen-bond donors (Lipinski definition) is 1. The molecule has 1 aromatic carbocycles. The molecule has 7 heteroatoms. The fourth-order valence-corrected chi connectivity index (χ4v) is 3.25. The number of amides is 1. The van der Waals surface area contributed by atoms with Gasteiger partial charge in [0.25, 0.3) is 5.91 Å². The van der Waals surface area contributed by atoms with Crippen LogP contribution < -0.4 is 5.32 Å². The lowest BCUT2D eigenvalue weighted by Crippen LogP contribution is -2.31. The summed E-state index contributed by atoms with van der Waals surface area (Å²) < 4.78 is 15.0. The summed E-state index contributed by atoms with van der Waals surface area (Å²) in [7, 11) is 0. The Morgan fingerprint density at radius 2 is 2.00 bits per heavy atom. The first-order valence-electron chi connectivity index (χ1n) is 8.54. The van der Waals surface area contributed by atoms with Crippen LogP contribution in [0.15, 0.2) is 42.9 Å². The highest BCUT2D eigenvalue weighted by molar-refractivity contribution is 5.92. The number of hydrogen-bond acceptors (Lipinski definition) is 4. The summed E-state index contributed by atoms with van der Waals surface area (Å²) in [5.41, 5.74) is 3.91. The lowest BCUT2D eigenvalue weighted by Gasteiger charge is -2.24. The second-order valence-corrected chi connectivity index (χ2v) is 6.40. The lowest BCUT2D eigenvalue weighted by atomic mass is 9.92. The second kappa shape index (κ2) is 6.67. The number of benzene rings is 1. The van der Waals surface area contributed by atoms with E-state index in [4.69, 9.17) is 0 Å². The topological polar surface area (TPSA) is 72.7 Å². The summed E-state index contributed by atoms with van der Waals surface area (Å²) in [5.74, 6) is -0.524. The van der Waals surface area contributed by atoms with Gasteiger partial charge in [0.05, 0.1) is 29.8 Å². The molecular formula is C19H18FN5O. The molecule has 0 saturated carbocycles. The molecule has 0 spiro atoms. The first kappa shape index (κ1) is 16.4. The molecule has 6 nitrogen and oxygen atoms in total. The number of carbonyl (C=O) groups excluding carboxylic acids is 1. The molecule has 132 valence electrons. The third kappa shape index (κ3) is 3.08. The Kier molecular flexibility index (Phi) is 4.20. The standard InChI is InChI=1S/C19H18FN5O/c1-12-9-22-17(11-21-12)19(26)24-16-3-2-4-18-15(16)10-23-25(18)14-7-5-13(20)6-8-14/h5-11,16H,2-4H2,1H3,(H,24,26)/t16-/m0/s1. The molecule has 26 heavy (non-hydrogen) atoms. The highest BCUT2D eigenvalue weighted by atomic mass is 19.1. The number of fused-ring (bicyclic) bond motifs is 1. The van der Waals surface area contributed by atoms with Gasteiger partial charge >= 0.3 is 0 Å². The van der Waals surface area contributed by atoms with Gasteiger partial charge in [-0.1, -0.05) is 0 Å². The van der Waals surface area contributed by atoms with Crippen molar-refractivity contribution in [1.29, 1.82) is 0 Å². The van der Waals surface area contributed by atoms with E-state index in [9.17, 15) is 9.18 Å². The molecule has 0 saturated heterocycles. The summed E-state index contributed by atoms with van der Waals surface area (Å²) in [6.07, 6.45) is 7.48. The van der Waals surface area contributed by atoms with Crippen LogP contribution in [-0.4, -0.2) is 25.7 Å². The molecule has 1 amide bonds. The Labute approximate surface area is 150 Å². The minimum absolute atomic E-state index is 0.122. The fourth-order valence-electron chi connectivity index (χ4n) is 3.25. The van der Waals surface area contributed by atoms with Crippen molar-refractivity contribution >= 4 is 5.91 Å². The van der Waals surface area contributed by atoms with E-state index in [0.717, 1.165) is 41.9 Å². The van der Waals surface area contributed by atoms with E-state index in [0.29, 0.717) is 5.69 Å². The number of halogens is 1. The normalized spacial score (nSPS) is 16.2. The van der Waals surface area contributed by atoms with Crippen LogP contribution in [0.4, 0.5) is 4.39 Å². The second-order valence-electron chi connectivity index (χ2n) is 6.40. The largest absolute Gasteiger partial charge is 0.344 e. The van der Waals surface area contributed by atoms with E-state index in [2.05, 4.69) is 20.4 Å². The number of aryl methyl sites for hydroxylation is 1. The maximum absolute atomic E-state index is 13.2. The molecular weight excluding hydrogens is 333 g/mol. The molecule has 2 heterocycles. The summed E-state index contributed by atoms with van der Waals surface area (Å²) in [5, 5.41) is 7.48. The highest BCUT2D eigenvalue weighted by Crippen LogP contribution is 2.31. The number of carbonyl (C=O) groups is 1. The molecule has 1 atom stereocenters. The van der Waals surface area contributed by atoms with E-state index in [1.807, 2.05) is 11.6 Å². The molecule has 0 bridgehead atoms. The molecule has 1 N–H and O–H groups in total. The van der Waals surface area contributed by atoms with E-state index >= 15 is 0 Å². The van der Waals surface area contributed by atoms with Gasteiger partial charge in [0.2, 0.25) is 0 Å². The van der Waals surface area contributed by atoms with Crippen LogP contribution in [0.5, 0.6) is 0 Å². The van der Waals surface area contributed by atoms with Crippen molar-refractivity contribution in [2.45, 2.75) is 32.2 Å². The third-order valence-electron chi connectivity index (χ3n) is 4.57. The Morgan fingerprint density at radius 3 is 2.73 bits per heavy atom. The van der Waals surface area contributed by atoms with Crippen molar-refractivity contribution in [2.24, 2.45) is 0 Å². The Bertz CT molecular complexity index is 934. The van der Waals surface area contributed by atoms with Gasteiger partial charge in [-0.2, -0.15) is 5.10 Å². The average molecular weight is 351 g/mol. The van der Waals surface area contributed by atoms with Gasteiger partial charge in [-0.3, -0.25) is 9.78 Å². The van der Waals surface area contributed by atoms with Gasteiger partial charge in [-0.25, -0.2) is 14.1 Å². The van der Waals surface area contributed by atoms with Crippen LogP contribution in [0.25, 0.3) is 5.69 Å². The van der Waals surface area contributed by atoms with E-state index < -0.39 is 0 Å². The average Bonchev–Trinajstić information content (AvgIpc) is 3.08. The Hall–Kier alpha value is -3.09. The summed E-state index contributed by atoms with van der Waals surface area (Å²) in [4.78, 5) is 20.7. The summed E-state index contributed by atoms with van der Waals surface area (Å²) in [6.45, 7) is 1.83. The van der Waals surface area contributed by atoms with Crippen molar-refractivity contribution in [2.75, 3.05) is 0 Å². The Balaban J connectivity index is 1.59. The van der Waals surface area contributed by atoms with Crippen molar-refractivity contribution in [3.8, 4) is 5.69 Å². The number of nitrogens with zero attached hydrogens (tertiary/aromatic N) is 4. The highest BCUT2D eigenvalue weighted by Gasteiger charge is 2.26. The maximum atomic E-state index is 13.2. The van der Waals surface area contributed by atoms with Crippen molar-refractivity contribution < 1.29 is 9.18 Å².